The van der Waals surface area contributed by atoms with Gasteiger partial charge in [0.25, 0.3) is 25.1 Å². The number of carbonyl (C=O) groups is 1. The van der Waals surface area contributed by atoms with Gasteiger partial charge in [0.1, 0.15) is 10.6 Å². The predicted molar refractivity (Wildman–Crippen MR) is 175 cm³/mol. The summed E-state index contributed by atoms with van der Waals surface area (Å²) >= 11 is 2.95. The van der Waals surface area contributed by atoms with Gasteiger partial charge in [-0.25, -0.2) is 8.42 Å². The van der Waals surface area contributed by atoms with Crippen LogP contribution in [0.3, 0.4) is 0 Å². The molecule has 2 aliphatic rings. The number of benzene rings is 3. The average molecular weight is 689 g/mol. The largest absolute Gasteiger partial charge is 0.454 e. The Kier molecular flexibility index (Phi) is 8.56. The van der Waals surface area contributed by atoms with Crippen LogP contribution in [0.25, 0.3) is 27.1 Å². The summed E-state index contributed by atoms with van der Waals surface area (Å²) in [5.74, 6) is -0.447. The lowest BCUT2D eigenvalue weighted by molar-refractivity contribution is -0.667. The molecule has 3 heterocycles. The molecule has 2 aliphatic heterocycles. The number of ether oxygens (including phenoxy) is 2. The Labute approximate surface area is 268 Å². The fourth-order valence-corrected chi connectivity index (χ4v) is 9.35. The Bertz CT molecular complexity index is 2120. The van der Waals surface area contributed by atoms with E-state index >= 15 is 0 Å². The van der Waals surface area contributed by atoms with Crippen molar-refractivity contribution in [2.75, 3.05) is 23.3 Å². The van der Waals surface area contributed by atoms with Gasteiger partial charge in [0.05, 0.1) is 21.9 Å². The summed E-state index contributed by atoms with van der Waals surface area (Å²) in [6, 6.07) is 15.6. The minimum absolute atomic E-state index is 0.0766. The number of aryl methyl sites for hydroxylation is 1. The number of carbonyl (C=O) groups excluding carboxylic acids is 1. The quantitative estimate of drug-likeness (QED) is 0.172. The maximum atomic E-state index is 12.9. The van der Waals surface area contributed by atoms with Gasteiger partial charge in [-0.3, -0.25) is 14.1 Å². The van der Waals surface area contributed by atoms with Crippen molar-refractivity contribution in [3.8, 4) is 11.5 Å². The highest BCUT2D eigenvalue weighted by atomic mass is 32.2. The highest BCUT2D eigenvalue weighted by molar-refractivity contribution is 8.03. The van der Waals surface area contributed by atoms with Crippen LogP contribution in [0.2, 0.25) is 0 Å². The van der Waals surface area contributed by atoms with E-state index < -0.39 is 31.9 Å². The van der Waals surface area contributed by atoms with Gasteiger partial charge >= 0.3 is 0 Å². The van der Waals surface area contributed by atoms with Gasteiger partial charge in [-0.05, 0) is 35.6 Å². The van der Waals surface area contributed by atoms with Gasteiger partial charge in [-0.2, -0.15) is 13.0 Å². The molecule has 1 aromatic heterocycles. The SMILES string of the molecule is CCC(=Cc1sc2ccc3ccccc3c2[n+]1CCCS(=O)(=O)O)C=C1Sc2cc3c(cc2N1CS(=O)(=O)NC(C)=O)OCO3. The molecule has 0 saturated carbocycles. The lowest BCUT2D eigenvalue weighted by Crippen LogP contribution is -2.37. The summed E-state index contributed by atoms with van der Waals surface area (Å²) in [5.41, 5.74) is 2.49. The number of amides is 1. The molecule has 1 amide bonds. The second kappa shape index (κ2) is 12.3. The number of thioether (sulfide) groups is 1. The third-order valence-electron chi connectivity index (χ3n) is 7.25. The minimum atomic E-state index is -4.12. The Morgan fingerprint density at radius 3 is 2.60 bits per heavy atom. The van der Waals surface area contributed by atoms with Crippen LogP contribution in [0.4, 0.5) is 5.69 Å². The summed E-state index contributed by atoms with van der Waals surface area (Å²) < 4.78 is 74.5. The van der Waals surface area contributed by atoms with Crippen molar-refractivity contribution < 1.29 is 40.2 Å². The molecule has 4 aromatic rings. The zero-order valence-electron chi connectivity index (χ0n) is 24.3. The molecule has 0 bridgehead atoms. The molecule has 2 N–H and O–H groups in total. The van der Waals surface area contributed by atoms with Gasteiger partial charge in [0.15, 0.2) is 18.0 Å². The van der Waals surface area contributed by atoms with E-state index in [9.17, 15) is 26.2 Å². The number of hydrogen-bond acceptors (Lipinski definition) is 10. The average Bonchev–Trinajstić information content (AvgIpc) is 3.65. The lowest BCUT2D eigenvalue weighted by atomic mass is 10.1. The van der Waals surface area contributed by atoms with E-state index in [-0.39, 0.29) is 19.0 Å². The number of anilines is 1. The van der Waals surface area contributed by atoms with E-state index in [1.807, 2.05) is 60.2 Å². The van der Waals surface area contributed by atoms with E-state index in [0.717, 1.165) is 43.4 Å². The van der Waals surface area contributed by atoms with Gasteiger partial charge < -0.3 is 14.4 Å². The topological polar surface area (TPSA) is 143 Å². The number of nitrogens with zero attached hydrogens (tertiary/aromatic N) is 2. The van der Waals surface area contributed by atoms with E-state index in [1.165, 1.54) is 11.8 Å². The van der Waals surface area contributed by atoms with Crippen LogP contribution in [0.1, 0.15) is 31.7 Å². The Balaban J connectivity index is 1.44. The maximum absolute atomic E-state index is 12.9. The maximum Gasteiger partial charge on any atom is 0.265 e. The van der Waals surface area contributed by atoms with Crippen molar-refractivity contribution in [3.63, 3.8) is 0 Å². The van der Waals surface area contributed by atoms with E-state index in [2.05, 4.69) is 10.6 Å². The predicted octanol–water partition coefficient (Wildman–Crippen LogP) is 5.02. The zero-order chi connectivity index (χ0) is 31.9. The normalized spacial score (nSPS) is 15.8. The fourth-order valence-electron chi connectivity index (χ4n) is 5.32. The summed E-state index contributed by atoms with van der Waals surface area (Å²) in [6.45, 7) is 3.58. The van der Waals surface area contributed by atoms with Gasteiger partial charge in [0, 0.05) is 36.4 Å². The van der Waals surface area contributed by atoms with E-state index in [0.29, 0.717) is 35.2 Å². The molecular weight excluding hydrogens is 659 g/mol. The van der Waals surface area contributed by atoms with Crippen LogP contribution >= 0.6 is 23.1 Å². The molecule has 11 nitrogen and oxygen atoms in total. The molecule has 0 aliphatic carbocycles. The van der Waals surface area contributed by atoms with Crippen LogP contribution in [0, 0.1) is 0 Å². The van der Waals surface area contributed by atoms with Gasteiger partial charge in [0.2, 0.25) is 18.2 Å². The monoisotopic (exact) mass is 688 g/mol. The summed E-state index contributed by atoms with van der Waals surface area (Å²) in [5, 5.41) is 3.60. The first-order chi connectivity index (χ1) is 21.4. The number of thiazole rings is 1. The fraction of sp³-hybridized carbons (Fsp3) is 0.267. The van der Waals surface area contributed by atoms with Crippen molar-refractivity contribution in [3.05, 3.63) is 70.2 Å². The molecule has 45 heavy (non-hydrogen) atoms. The molecule has 6 rings (SSSR count). The third kappa shape index (κ3) is 6.82. The first-order valence-electron chi connectivity index (χ1n) is 14.0. The van der Waals surface area contributed by atoms with E-state index in [4.69, 9.17) is 9.47 Å². The molecule has 236 valence electrons. The van der Waals surface area contributed by atoms with Crippen LogP contribution < -0.4 is 23.7 Å². The number of nitrogens with one attached hydrogen (secondary N) is 1. The number of rotatable bonds is 10. The van der Waals surface area contributed by atoms with Crippen molar-refractivity contribution in [2.24, 2.45) is 0 Å². The van der Waals surface area contributed by atoms with E-state index in [1.54, 1.807) is 22.3 Å². The molecule has 0 saturated heterocycles. The summed E-state index contributed by atoms with van der Waals surface area (Å²) in [4.78, 5) is 14.1. The van der Waals surface area contributed by atoms with Crippen molar-refractivity contribution in [1.29, 1.82) is 0 Å². The number of aromatic nitrogens is 1. The molecule has 15 heteroatoms. The van der Waals surface area contributed by atoms with Crippen LogP contribution in [-0.2, 0) is 31.5 Å². The molecule has 0 spiro atoms. The summed E-state index contributed by atoms with van der Waals surface area (Å²) in [6.07, 6.45) is 4.77. The van der Waals surface area contributed by atoms with Crippen molar-refractivity contribution in [1.82, 2.24) is 4.72 Å². The highest BCUT2D eigenvalue weighted by Gasteiger charge is 2.33. The van der Waals surface area contributed by atoms with Gasteiger partial charge in [-0.15, -0.1) is 0 Å². The van der Waals surface area contributed by atoms with Crippen molar-refractivity contribution >= 4 is 81.9 Å². The Morgan fingerprint density at radius 2 is 1.87 bits per heavy atom. The van der Waals surface area contributed by atoms with Gasteiger partial charge in [-0.1, -0.05) is 54.3 Å². The van der Waals surface area contributed by atoms with Crippen LogP contribution in [-0.4, -0.2) is 45.7 Å². The van der Waals surface area contributed by atoms with Crippen LogP contribution in [0.5, 0.6) is 11.5 Å². The third-order valence-corrected chi connectivity index (χ3v) is 11.4. The minimum Gasteiger partial charge on any atom is -0.454 e. The standard InChI is InChI=1S/C30H29N3O8S4/c1-3-20(13-28-32(11-6-12-45(37,38)39)30-22-8-5-4-7-21(22)9-10-26(30)42-28)14-29-33(17-44(35,36)31-19(2)34)23-15-24-25(41-18-40-24)16-27(23)43-29/h4-5,7-10,13-16H,3,6,11-12,17-18H2,1-2H3,(H-,31,34,37,38,39)/p+1. The number of allylic oxidation sites excluding steroid dienone is 2. The number of hydrogen-bond donors (Lipinski definition) is 2. The molecule has 0 fully saturated rings. The van der Waals surface area contributed by atoms with Crippen molar-refractivity contribution in [2.45, 2.75) is 38.1 Å². The molecule has 0 unspecified atom stereocenters. The highest BCUT2D eigenvalue weighted by Crippen LogP contribution is 2.51. The summed E-state index contributed by atoms with van der Waals surface area (Å²) in [7, 11) is -8.14. The smallest absolute Gasteiger partial charge is 0.265 e. The molecular formula is C30H30N3O8S4+. The zero-order valence-corrected chi connectivity index (χ0v) is 27.6. The lowest BCUT2D eigenvalue weighted by Gasteiger charge is -2.21. The second-order valence-corrected chi connectivity index (χ2v) is 15.9. The first kappa shape index (κ1) is 31.4. The second-order valence-electron chi connectivity index (χ2n) is 10.5. The molecule has 3 aromatic carbocycles. The number of fused-ring (bicyclic) bond motifs is 5. The Hall–Kier alpha value is -3.63. The van der Waals surface area contributed by atoms with Crippen LogP contribution in [0.15, 0.2) is 70.1 Å². The Morgan fingerprint density at radius 1 is 1.11 bits per heavy atom. The number of sulfonamides is 1. The first-order valence-corrected chi connectivity index (χ1v) is 18.9. The molecule has 0 atom stereocenters. The molecule has 0 radical (unpaired) electrons.